The van der Waals surface area contributed by atoms with Crippen molar-refractivity contribution in [3.63, 3.8) is 0 Å². The predicted molar refractivity (Wildman–Crippen MR) is 68.9 cm³/mol. The van der Waals surface area contributed by atoms with Gasteiger partial charge < -0.3 is 29.7 Å². The lowest BCUT2D eigenvalue weighted by Crippen LogP contribution is -2.65. The van der Waals surface area contributed by atoms with Crippen LogP contribution >= 0.6 is 0 Å². The molecule has 0 saturated carbocycles. The molecule has 7 nitrogen and oxygen atoms in total. The van der Waals surface area contributed by atoms with Crippen LogP contribution in [-0.2, 0) is 19.0 Å². The zero-order chi connectivity index (χ0) is 15.0. The number of aliphatic hydroxyl groups excluding tert-OH is 2. The summed E-state index contributed by atoms with van der Waals surface area (Å²) in [6.45, 7) is 4.78. The highest BCUT2D eigenvalue weighted by molar-refractivity contribution is 5.73. The summed E-state index contributed by atoms with van der Waals surface area (Å²) in [6.07, 6.45) is -0.710. The Hall–Kier alpha value is -0.730. The van der Waals surface area contributed by atoms with Gasteiger partial charge >= 0.3 is 0 Å². The first-order valence-electron chi connectivity index (χ1n) is 6.82. The highest BCUT2D eigenvalue weighted by Gasteiger charge is 2.58. The van der Waals surface area contributed by atoms with E-state index in [1.165, 1.54) is 6.92 Å². The molecule has 7 heteroatoms. The summed E-state index contributed by atoms with van der Waals surface area (Å²) in [4.78, 5) is 11.3. The molecule has 0 aromatic carbocycles. The first kappa shape index (κ1) is 15.7. The highest BCUT2D eigenvalue weighted by Crippen LogP contribution is 2.41. The van der Waals surface area contributed by atoms with Crippen molar-refractivity contribution in [1.29, 1.82) is 0 Å². The van der Waals surface area contributed by atoms with E-state index in [2.05, 4.69) is 5.32 Å². The van der Waals surface area contributed by atoms with Crippen molar-refractivity contribution in [3.05, 3.63) is 0 Å². The van der Waals surface area contributed by atoms with Crippen LogP contribution in [0.2, 0.25) is 0 Å². The van der Waals surface area contributed by atoms with Gasteiger partial charge in [-0.15, -0.1) is 0 Å². The number of hydrogen-bond acceptors (Lipinski definition) is 6. The second-order valence-corrected chi connectivity index (χ2v) is 5.84. The van der Waals surface area contributed by atoms with Crippen molar-refractivity contribution in [3.8, 4) is 0 Å². The molecule has 0 bridgehead atoms. The maximum atomic E-state index is 11.3. The first-order valence-corrected chi connectivity index (χ1v) is 6.82. The Bertz CT molecular complexity index is 374. The van der Waals surface area contributed by atoms with E-state index in [9.17, 15) is 15.0 Å². The number of amides is 1. The number of fused-ring (bicyclic) bond motifs is 1. The zero-order valence-corrected chi connectivity index (χ0v) is 12.1. The SMILES string of the molecule is CC(=O)N[C@@H]1CO[C@@](CO)(CCO)[C@@H]2OC(C)(C)O[C@@H]21. The van der Waals surface area contributed by atoms with E-state index < -0.39 is 23.6 Å². The fourth-order valence-electron chi connectivity index (χ4n) is 2.93. The molecule has 1 amide bonds. The van der Waals surface area contributed by atoms with Gasteiger partial charge in [0.05, 0.1) is 19.3 Å². The fraction of sp³-hybridized carbons (Fsp3) is 0.923. The Morgan fingerprint density at radius 1 is 1.35 bits per heavy atom. The van der Waals surface area contributed by atoms with Gasteiger partial charge in [0.25, 0.3) is 0 Å². The van der Waals surface area contributed by atoms with Crippen molar-refractivity contribution < 1.29 is 29.2 Å². The molecule has 2 heterocycles. The van der Waals surface area contributed by atoms with Crippen LogP contribution in [0.15, 0.2) is 0 Å². The maximum absolute atomic E-state index is 11.3. The number of hydrogen-bond donors (Lipinski definition) is 3. The molecular formula is C13H23NO6. The molecule has 0 radical (unpaired) electrons. The number of carbonyl (C=O) groups is 1. The van der Waals surface area contributed by atoms with Crippen LogP contribution in [0.25, 0.3) is 0 Å². The molecule has 0 unspecified atom stereocenters. The van der Waals surface area contributed by atoms with E-state index in [1.807, 2.05) is 0 Å². The monoisotopic (exact) mass is 289 g/mol. The van der Waals surface area contributed by atoms with Crippen LogP contribution in [-0.4, -0.2) is 65.6 Å². The van der Waals surface area contributed by atoms with E-state index in [0.717, 1.165) is 0 Å². The second-order valence-electron chi connectivity index (χ2n) is 5.84. The molecule has 116 valence electrons. The molecule has 2 aliphatic heterocycles. The lowest BCUT2D eigenvalue weighted by molar-refractivity contribution is -0.208. The first-order chi connectivity index (χ1) is 9.33. The lowest BCUT2D eigenvalue weighted by Gasteiger charge is -2.45. The lowest BCUT2D eigenvalue weighted by atomic mass is 9.84. The normalized spacial score (nSPS) is 39.4. The van der Waals surface area contributed by atoms with E-state index in [0.29, 0.717) is 0 Å². The zero-order valence-electron chi connectivity index (χ0n) is 12.1. The molecule has 0 aromatic heterocycles. The highest BCUT2D eigenvalue weighted by atomic mass is 16.8. The summed E-state index contributed by atoms with van der Waals surface area (Å²) < 4.78 is 17.5. The number of ether oxygens (including phenoxy) is 3. The molecule has 20 heavy (non-hydrogen) atoms. The van der Waals surface area contributed by atoms with Gasteiger partial charge in [0.15, 0.2) is 5.79 Å². The molecule has 2 rings (SSSR count). The molecular weight excluding hydrogens is 266 g/mol. The summed E-state index contributed by atoms with van der Waals surface area (Å²) in [5.74, 6) is -1.00. The quantitative estimate of drug-likeness (QED) is 0.624. The standard InChI is InChI=1S/C13H23NO6/c1-8(17)14-9-6-18-13(7-16,4-5-15)11-10(9)19-12(2,3)20-11/h9-11,15-16H,4-7H2,1-3H3,(H,14,17)/t9-,10-,11-,13-/m1/s1. The number of aliphatic hydroxyl groups is 2. The largest absolute Gasteiger partial charge is 0.396 e. The summed E-state index contributed by atoms with van der Waals surface area (Å²) in [7, 11) is 0. The topological polar surface area (TPSA) is 97.3 Å². The van der Waals surface area contributed by atoms with Crippen LogP contribution in [0.1, 0.15) is 27.2 Å². The molecule has 2 saturated heterocycles. The van der Waals surface area contributed by atoms with E-state index >= 15 is 0 Å². The van der Waals surface area contributed by atoms with Crippen molar-refractivity contribution in [1.82, 2.24) is 5.32 Å². The minimum atomic E-state index is -0.998. The van der Waals surface area contributed by atoms with Crippen LogP contribution in [0, 0.1) is 0 Å². The Morgan fingerprint density at radius 2 is 2.05 bits per heavy atom. The molecule has 0 aliphatic carbocycles. The van der Waals surface area contributed by atoms with Crippen molar-refractivity contribution in [2.24, 2.45) is 0 Å². The van der Waals surface area contributed by atoms with Gasteiger partial charge in [0.1, 0.15) is 17.8 Å². The van der Waals surface area contributed by atoms with Crippen molar-refractivity contribution in [2.45, 2.75) is 56.8 Å². The minimum Gasteiger partial charge on any atom is -0.396 e. The number of rotatable bonds is 4. The van der Waals surface area contributed by atoms with Gasteiger partial charge in [-0.05, 0) is 13.8 Å². The molecule has 3 N–H and O–H groups in total. The predicted octanol–water partition coefficient (Wildman–Crippen LogP) is -0.845. The van der Waals surface area contributed by atoms with Gasteiger partial charge in [-0.1, -0.05) is 0 Å². The van der Waals surface area contributed by atoms with E-state index in [1.54, 1.807) is 13.8 Å². The molecule has 0 spiro atoms. The van der Waals surface area contributed by atoms with Gasteiger partial charge in [-0.2, -0.15) is 0 Å². The fourth-order valence-corrected chi connectivity index (χ4v) is 2.93. The van der Waals surface area contributed by atoms with Crippen LogP contribution in [0.5, 0.6) is 0 Å². The number of carbonyl (C=O) groups excluding carboxylic acids is 1. The Morgan fingerprint density at radius 3 is 2.60 bits per heavy atom. The van der Waals surface area contributed by atoms with E-state index in [-0.39, 0.29) is 38.2 Å². The van der Waals surface area contributed by atoms with Gasteiger partial charge in [0.2, 0.25) is 5.91 Å². The summed E-state index contributed by atoms with van der Waals surface area (Å²) in [5.41, 5.74) is -0.998. The second kappa shape index (κ2) is 5.57. The smallest absolute Gasteiger partial charge is 0.217 e. The molecule has 0 aromatic rings. The van der Waals surface area contributed by atoms with Crippen LogP contribution in [0.3, 0.4) is 0 Å². The van der Waals surface area contributed by atoms with Gasteiger partial charge in [0, 0.05) is 20.0 Å². The number of nitrogens with one attached hydrogen (secondary N) is 1. The molecule has 2 fully saturated rings. The Balaban J connectivity index is 2.25. The van der Waals surface area contributed by atoms with Gasteiger partial charge in [-0.3, -0.25) is 4.79 Å². The molecule has 4 atom stereocenters. The van der Waals surface area contributed by atoms with Crippen LogP contribution in [0.4, 0.5) is 0 Å². The Kier molecular flexibility index (Phi) is 4.36. The van der Waals surface area contributed by atoms with Crippen molar-refractivity contribution >= 4 is 5.91 Å². The summed E-state index contributed by atoms with van der Waals surface area (Å²) in [5, 5.41) is 21.7. The summed E-state index contributed by atoms with van der Waals surface area (Å²) in [6, 6.07) is -0.336. The van der Waals surface area contributed by atoms with Crippen LogP contribution < -0.4 is 5.32 Å². The minimum absolute atomic E-state index is 0.127. The van der Waals surface area contributed by atoms with E-state index in [4.69, 9.17) is 14.2 Å². The third-order valence-corrected chi connectivity index (χ3v) is 3.79. The van der Waals surface area contributed by atoms with Gasteiger partial charge in [-0.25, -0.2) is 0 Å². The summed E-state index contributed by atoms with van der Waals surface area (Å²) >= 11 is 0. The maximum Gasteiger partial charge on any atom is 0.217 e. The average Bonchev–Trinajstić information content (AvgIpc) is 2.69. The third-order valence-electron chi connectivity index (χ3n) is 3.79. The average molecular weight is 289 g/mol. The molecule has 2 aliphatic rings. The third kappa shape index (κ3) is 2.82. The van der Waals surface area contributed by atoms with Crippen molar-refractivity contribution in [2.75, 3.05) is 19.8 Å². The Labute approximate surface area is 118 Å².